The Morgan fingerprint density at radius 1 is 1.19 bits per heavy atom. The SMILES string of the molecule is Cc1cccc([C@H]2c3cc(OCc4nc(C(=O)NCC(C)C)cs4)ccc3CCN2C(=O)C2CC2)c1. The number of fused-ring (bicyclic) bond motifs is 1. The lowest BCUT2D eigenvalue weighted by molar-refractivity contribution is -0.134. The van der Waals surface area contributed by atoms with Gasteiger partial charge in [-0.05, 0) is 60.9 Å². The Balaban J connectivity index is 1.35. The van der Waals surface area contributed by atoms with Crippen molar-refractivity contribution in [2.45, 2.75) is 52.7 Å². The van der Waals surface area contributed by atoms with Crippen molar-refractivity contribution >= 4 is 23.2 Å². The Morgan fingerprint density at radius 2 is 2.03 bits per heavy atom. The number of nitrogens with zero attached hydrogens (tertiary/aromatic N) is 2. The third-order valence-corrected chi connectivity index (χ3v) is 7.55. The van der Waals surface area contributed by atoms with Crippen LogP contribution in [0.15, 0.2) is 47.8 Å². The summed E-state index contributed by atoms with van der Waals surface area (Å²) in [5, 5.41) is 5.43. The molecule has 1 fully saturated rings. The van der Waals surface area contributed by atoms with Crippen molar-refractivity contribution in [1.82, 2.24) is 15.2 Å². The van der Waals surface area contributed by atoms with Crippen molar-refractivity contribution in [2.75, 3.05) is 13.1 Å². The number of carbonyl (C=O) groups excluding carboxylic acids is 2. The van der Waals surface area contributed by atoms with Crippen LogP contribution < -0.4 is 10.1 Å². The monoisotopic (exact) mass is 503 g/mol. The number of ether oxygens (including phenoxy) is 1. The molecule has 188 valence electrons. The fourth-order valence-corrected chi connectivity index (χ4v) is 5.38. The molecule has 1 saturated carbocycles. The number of hydrogen-bond acceptors (Lipinski definition) is 5. The van der Waals surface area contributed by atoms with Crippen LogP contribution in [0.3, 0.4) is 0 Å². The molecule has 7 heteroatoms. The normalized spacial score (nSPS) is 17.1. The van der Waals surface area contributed by atoms with Crippen molar-refractivity contribution < 1.29 is 14.3 Å². The second-order valence-electron chi connectivity index (χ2n) is 10.3. The standard InChI is InChI=1S/C29H33N3O3S/c1-18(2)15-30-28(33)25-17-36-26(31-25)16-35-23-10-9-20-11-12-32(29(34)21-7-8-21)27(24(20)14-23)22-6-4-5-19(3)13-22/h4-6,9-10,13-14,17-18,21,27H,7-8,11-12,15-16H2,1-3H3,(H,30,33)/t27-/m0/s1. The van der Waals surface area contributed by atoms with Gasteiger partial charge >= 0.3 is 0 Å². The van der Waals surface area contributed by atoms with E-state index < -0.39 is 0 Å². The highest BCUT2D eigenvalue weighted by atomic mass is 32.1. The van der Waals surface area contributed by atoms with Crippen LogP contribution in [0, 0.1) is 18.8 Å². The molecular weight excluding hydrogens is 470 g/mol. The van der Waals surface area contributed by atoms with Crippen LogP contribution in [-0.2, 0) is 17.8 Å². The zero-order chi connectivity index (χ0) is 25.2. The summed E-state index contributed by atoms with van der Waals surface area (Å²) in [5.74, 6) is 1.42. The van der Waals surface area contributed by atoms with E-state index in [0.29, 0.717) is 24.8 Å². The van der Waals surface area contributed by atoms with E-state index in [-0.39, 0.29) is 23.8 Å². The Morgan fingerprint density at radius 3 is 2.78 bits per heavy atom. The number of amides is 2. The van der Waals surface area contributed by atoms with E-state index >= 15 is 0 Å². The predicted molar refractivity (Wildman–Crippen MR) is 141 cm³/mol. The molecule has 2 amide bonds. The summed E-state index contributed by atoms with van der Waals surface area (Å²) in [7, 11) is 0. The Labute approximate surface area is 216 Å². The van der Waals surface area contributed by atoms with E-state index in [1.54, 1.807) is 5.38 Å². The highest BCUT2D eigenvalue weighted by Crippen LogP contribution is 2.41. The number of rotatable bonds is 8. The van der Waals surface area contributed by atoms with E-state index in [0.717, 1.165) is 47.7 Å². The maximum atomic E-state index is 13.2. The van der Waals surface area contributed by atoms with Gasteiger partial charge in [-0.3, -0.25) is 9.59 Å². The van der Waals surface area contributed by atoms with Crippen LogP contribution in [0.4, 0.5) is 0 Å². The molecule has 0 bridgehead atoms. The zero-order valence-corrected chi connectivity index (χ0v) is 21.9. The average Bonchev–Trinajstić information content (AvgIpc) is 3.62. The maximum absolute atomic E-state index is 13.2. The molecular formula is C29H33N3O3S. The van der Waals surface area contributed by atoms with E-state index in [2.05, 4.69) is 72.4 Å². The molecule has 0 saturated heterocycles. The topological polar surface area (TPSA) is 71.5 Å². The Hall–Kier alpha value is -3.19. The molecule has 0 spiro atoms. The first-order valence-electron chi connectivity index (χ1n) is 12.7. The molecule has 1 atom stereocenters. The first kappa shape index (κ1) is 24.5. The quantitative estimate of drug-likeness (QED) is 0.453. The Kier molecular flexibility index (Phi) is 7.10. The first-order valence-corrected chi connectivity index (χ1v) is 13.6. The van der Waals surface area contributed by atoms with Gasteiger partial charge in [0.1, 0.15) is 23.1 Å². The molecule has 2 aliphatic rings. The van der Waals surface area contributed by atoms with Crippen molar-refractivity contribution in [3.63, 3.8) is 0 Å². The average molecular weight is 504 g/mol. The molecule has 1 aliphatic carbocycles. The summed E-state index contributed by atoms with van der Waals surface area (Å²) in [6, 6.07) is 14.5. The number of thiazole rings is 1. The molecule has 3 aromatic rings. The van der Waals surface area contributed by atoms with Gasteiger partial charge in [-0.15, -0.1) is 11.3 Å². The van der Waals surface area contributed by atoms with Crippen LogP contribution in [0.5, 0.6) is 5.75 Å². The van der Waals surface area contributed by atoms with Crippen LogP contribution in [0.2, 0.25) is 0 Å². The molecule has 5 rings (SSSR count). The summed E-state index contributed by atoms with van der Waals surface area (Å²) in [4.78, 5) is 32.0. The second kappa shape index (κ2) is 10.4. The van der Waals surface area contributed by atoms with Gasteiger partial charge in [0.2, 0.25) is 5.91 Å². The Bertz CT molecular complexity index is 1260. The van der Waals surface area contributed by atoms with Crippen LogP contribution in [-0.4, -0.2) is 34.8 Å². The van der Waals surface area contributed by atoms with Gasteiger partial charge in [0.15, 0.2) is 0 Å². The van der Waals surface area contributed by atoms with Crippen molar-refractivity contribution in [3.05, 3.63) is 80.8 Å². The number of carbonyl (C=O) groups is 2. The van der Waals surface area contributed by atoms with Gasteiger partial charge in [-0.2, -0.15) is 0 Å². The highest BCUT2D eigenvalue weighted by Gasteiger charge is 2.39. The summed E-state index contributed by atoms with van der Waals surface area (Å²) < 4.78 is 6.13. The fraction of sp³-hybridized carbons (Fsp3) is 0.414. The number of aryl methyl sites for hydroxylation is 1. The van der Waals surface area contributed by atoms with E-state index in [1.165, 1.54) is 22.5 Å². The van der Waals surface area contributed by atoms with E-state index in [9.17, 15) is 9.59 Å². The smallest absolute Gasteiger partial charge is 0.270 e. The van der Waals surface area contributed by atoms with Crippen molar-refractivity contribution in [3.8, 4) is 5.75 Å². The van der Waals surface area contributed by atoms with Gasteiger partial charge in [0, 0.05) is 24.4 Å². The highest BCUT2D eigenvalue weighted by molar-refractivity contribution is 7.09. The fourth-order valence-electron chi connectivity index (χ4n) is 4.70. The van der Waals surface area contributed by atoms with Crippen molar-refractivity contribution in [1.29, 1.82) is 0 Å². The summed E-state index contributed by atoms with van der Waals surface area (Å²) in [6.07, 6.45) is 2.84. The third kappa shape index (κ3) is 5.46. The predicted octanol–water partition coefficient (Wildman–Crippen LogP) is 5.30. The molecule has 1 aromatic heterocycles. The number of nitrogens with one attached hydrogen (secondary N) is 1. The number of benzene rings is 2. The van der Waals surface area contributed by atoms with Gasteiger partial charge in [-0.1, -0.05) is 49.7 Å². The summed E-state index contributed by atoms with van der Waals surface area (Å²) in [6.45, 7) is 7.86. The first-order chi connectivity index (χ1) is 17.4. The van der Waals surface area contributed by atoms with Gasteiger partial charge < -0.3 is 15.0 Å². The zero-order valence-electron chi connectivity index (χ0n) is 21.1. The maximum Gasteiger partial charge on any atom is 0.270 e. The summed E-state index contributed by atoms with van der Waals surface area (Å²) in [5.41, 5.74) is 5.14. The second-order valence-corrected chi connectivity index (χ2v) is 11.2. The largest absolute Gasteiger partial charge is 0.486 e. The molecule has 2 heterocycles. The van der Waals surface area contributed by atoms with Crippen LogP contribution >= 0.6 is 11.3 Å². The minimum Gasteiger partial charge on any atom is -0.486 e. The lowest BCUT2D eigenvalue weighted by atomic mass is 9.87. The number of aromatic nitrogens is 1. The third-order valence-electron chi connectivity index (χ3n) is 6.73. The van der Waals surface area contributed by atoms with Gasteiger partial charge in [0.05, 0.1) is 6.04 Å². The molecule has 0 radical (unpaired) electrons. The molecule has 0 unspecified atom stereocenters. The van der Waals surface area contributed by atoms with Crippen molar-refractivity contribution in [2.24, 2.45) is 11.8 Å². The van der Waals surface area contributed by atoms with E-state index in [1.807, 2.05) is 6.07 Å². The molecule has 36 heavy (non-hydrogen) atoms. The molecule has 1 N–H and O–H groups in total. The number of hydrogen-bond donors (Lipinski definition) is 1. The minimum atomic E-state index is -0.151. The van der Waals surface area contributed by atoms with Gasteiger partial charge in [0.25, 0.3) is 5.91 Å². The van der Waals surface area contributed by atoms with E-state index in [4.69, 9.17) is 4.74 Å². The lowest BCUT2D eigenvalue weighted by Gasteiger charge is -2.38. The van der Waals surface area contributed by atoms with Crippen LogP contribution in [0.1, 0.15) is 70.5 Å². The lowest BCUT2D eigenvalue weighted by Crippen LogP contribution is -2.41. The van der Waals surface area contributed by atoms with Crippen LogP contribution in [0.25, 0.3) is 0 Å². The molecule has 1 aliphatic heterocycles. The minimum absolute atomic E-state index is 0.110. The molecule has 6 nitrogen and oxygen atoms in total. The summed E-state index contributed by atoms with van der Waals surface area (Å²) >= 11 is 1.42. The van der Waals surface area contributed by atoms with Gasteiger partial charge in [-0.25, -0.2) is 4.98 Å². The molecule has 2 aromatic carbocycles.